The zero-order valence-electron chi connectivity index (χ0n) is 24.2. The van der Waals surface area contributed by atoms with Crippen molar-refractivity contribution in [2.24, 2.45) is 11.1 Å². The van der Waals surface area contributed by atoms with Crippen molar-refractivity contribution < 1.29 is 42.1 Å². The van der Waals surface area contributed by atoms with Gasteiger partial charge in [0.25, 0.3) is 0 Å². The van der Waals surface area contributed by atoms with Crippen LogP contribution in [0.3, 0.4) is 0 Å². The zero-order chi connectivity index (χ0) is 30.8. The highest BCUT2D eigenvalue weighted by Crippen LogP contribution is 2.28. The van der Waals surface area contributed by atoms with Gasteiger partial charge in [0, 0.05) is 19.5 Å². The number of aliphatic hydroxyl groups excluding tert-OH is 1. The van der Waals surface area contributed by atoms with Gasteiger partial charge in [0.2, 0.25) is 15.9 Å². The van der Waals surface area contributed by atoms with E-state index >= 15 is 0 Å². The van der Waals surface area contributed by atoms with Crippen LogP contribution in [0.15, 0.2) is 59.5 Å². The fourth-order valence-corrected chi connectivity index (χ4v) is 6.17. The number of hydrogen-bond donors (Lipinski definition) is 3. The molecule has 1 saturated heterocycles. The van der Waals surface area contributed by atoms with Crippen molar-refractivity contribution in [2.45, 2.75) is 56.3 Å². The second-order valence-electron chi connectivity index (χ2n) is 11.0. The maximum atomic E-state index is 13.9. The number of nitrogens with two attached hydrogens (primary N) is 1. The molecule has 0 saturated carbocycles. The fourth-order valence-electron chi connectivity index (χ4n) is 4.52. The van der Waals surface area contributed by atoms with E-state index in [4.69, 9.17) is 24.7 Å². The summed E-state index contributed by atoms with van der Waals surface area (Å²) in [6, 6.07) is 14.2. The lowest BCUT2D eigenvalue weighted by Crippen LogP contribution is -2.52. The van der Waals surface area contributed by atoms with Crippen LogP contribution in [0.25, 0.3) is 0 Å². The van der Waals surface area contributed by atoms with Crippen LogP contribution in [0.1, 0.15) is 32.3 Å². The molecule has 2 atom stereocenters. The highest BCUT2D eigenvalue weighted by molar-refractivity contribution is 7.89. The van der Waals surface area contributed by atoms with Gasteiger partial charge in [0.15, 0.2) is 6.10 Å². The van der Waals surface area contributed by atoms with Gasteiger partial charge in [0.05, 0.1) is 37.4 Å². The molecule has 0 aromatic heterocycles. The number of ether oxygens (including phenoxy) is 4. The van der Waals surface area contributed by atoms with Gasteiger partial charge in [-0.1, -0.05) is 44.2 Å². The van der Waals surface area contributed by atoms with Gasteiger partial charge in [-0.3, -0.25) is 4.79 Å². The lowest BCUT2D eigenvalue weighted by Gasteiger charge is -2.35. The topological polar surface area (TPSA) is 167 Å². The van der Waals surface area contributed by atoms with Crippen LogP contribution >= 0.6 is 0 Å². The van der Waals surface area contributed by atoms with Crippen LogP contribution in [-0.4, -0.2) is 88.3 Å². The predicted octanol–water partition coefficient (Wildman–Crippen LogP) is 2.05. The second kappa shape index (κ2) is 15.3. The van der Waals surface area contributed by atoms with Gasteiger partial charge in [-0.15, -0.1) is 0 Å². The number of primary amides is 1. The largest absolute Gasteiger partial charge is 0.497 e. The third kappa shape index (κ3) is 10.2. The van der Waals surface area contributed by atoms with Gasteiger partial charge in [-0.05, 0) is 48.1 Å². The number of alkyl carbamates (subject to hydrolysis) is 1. The quantitative estimate of drug-likeness (QED) is 0.275. The number of carbonyl (C=O) groups excluding carboxylic acids is 2. The number of methoxy groups -OCH3 is 1. The summed E-state index contributed by atoms with van der Waals surface area (Å²) in [4.78, 5) is 24.3. The first kappa shape index (κ1) is 33.3. The molecule has 1 heterocycles. The van der Waals surface area contributed by atoms with E-state index in [0.717, 1.165) is 5.56 Å². The van der Waals surface area contributed by atoms with Crippen LogP contribution in [0.4, 0.5) is 4.79 Å². The molecule has 2 aromatic carbocycles. The predicted molar refractivity (Wildman–Crippen MR) is 154 cm³/mol. The molecule has 232 valence electrons. The second-order valence-corrected chi connectivity index (χ2v) is 12.9. The number of nitrogens with zero attached hydrogens (tertiary/aromatic N) is 1. The minimum atomic E-state index is -4.13. The summed E-state index contributed by atoms with van der Waals surface area (Å²) in [6.07, 6.45) is -2.14. The molecule has 0 aliphatic carbocycles. The molecule has 1 aliphatic rings. The lowest BCUT2D eigenvalue weighted by molar-refractivity contribution is -0.151. The summed E-state index contributed by atoms with van der Waals surface area (Å²) in [5, 5.41) is 14.2. The maximum Gasteiger partial charge on any atom is 0.407 e. The minimum absolute atomic E-state index is 0.00507. The van der Waals surface area contributed by atoms with Crippen molar-refractivity contribution in [1.29, 1.82) is 0 Å². The lowest BCUT2D eigenvalue weighted by atomic mass is 9.87. The Balaban J connectivity index is 1.87. The van der Waals surface area contributed by atoms with Crippen molar-refractivity contribution in [3.05, 3.63) is 60.2 Å². The van der Waals surface area contributed by atoms with Gasteiger partial charge < -0.3 is 35.1 Å². The highest BCUT2D eigenvalue weighted by Gasteiger charge is 2.35. The van der Waals surface area contributed by atoms with Gasteiger partial charge in [-0.25, -0.2) is 13.2 Å². The number of carbonyl (C=O) groups is 2. The van der Waals surface area contributed by atoms with Crippen LogP contribution in [0, 0.1) is 5.41 Å². The average molecular weight is 608 g/mol. The molecule has 12 nitrogen and oxygen atoms in total. The molecule has 3 rings (SSSR count). The summed E-state index contributed by atoms with van der Waals surface area (Å²) in [5.74, 6) is -0.00574. The van der Waals surface area contributed by atoms with E-state index in [1.54, 1.807) is 0 Å². The molecule has 13 heteroatoms. The fraction of sp³-hybridized carbons (Fsp3) is 0.517. The Labute approximate surface area is 247 Å². The van der Waals surface area contributed by atoms with E-state index in [1.165, 1.54) is 35.7 Å². The third-order valence-corrected chi connectivity index (χ3v) is 8.68. The smallest absolute Gasteiger partial charge is 0.407 e. The highest BCUT2D eigenvalue weighted by atomic mass is 32.2. The summed E-state index contributed by atoms with van der Waals surface area (Å²) in [6.45, 7) is 3.74. The van der Waals surface area contributed by atoms with E-state index in [1.807, 2.05) is 44.2 Å². The molecule has 1 aliphatic heterocycles. The van der Waals surface area contributed by atoms with Crippen molar-refractivity contribution in [3.8, 4) is 5.75 Å². The van der Waals surface area contributed by atoms with Gasteiger partial charge >= 0.3 is 6.09 Å². The van der Waals surface area contributed by atoms with E-state index in [2.05, 4.69) is 5.32 Å². The molecule has 0 spiro atoms. The average Bonchev–Trinajstić information content (AvgIpc) is 2.96. The van der Waals surface area contributed by atoms with Crippen molar-refractivity contribution in [2.75, 3.05) is 40.2 Å². The molecular formula is C29H41N3O9S. The van der Waals surface area contributed by atoms with E-state index in [0.29, 0.717) is 12.2 Å². The Morgan fingerprint density at radius 3 is 2.36 bits per heavy atom. The molecule has 0 radical (unpaired) electrons. The van der Waals surface area contributed by atoms with Crippen molar-refractivity contribution in [3.63, 3.8) is 0 Å². The minimum Gasteiger partial charge on any atom is -0.497 e. The standard InChI is InChI=1S/C29H41N3O9S/c1-29(2,14-13-27(30)34)19-32(42(36,37)24-11-9-22(38-3)10-12-24)16-26(33)25(15-21-7-5-4-6-8-21)31-28(35)41-23-17-39-20-40-18-23/h4-12,23,25-26,33H,13-20H2,1-3H3,(H2,30,34)(H,31,35). The number of amides is 2. The summed E-state index contributed by atoms with van der Waals surface area (Å²) < 4.78 is 49.9. The first-order valence-electron chi connectivity index (χ1n) is 13.7. The number of benzene rings is 2. The number of hydrogen-bond acceptors (Lipinski definition) is 9. The zero-order valence-corrected chi connectivity index (χ0v) is 25.0. The number of sulfonamides is 1. The Morgan fingerprint density at radius 1 is 1.12 bits per heavy atom. The van der Waals surface area contributed by atoms with E-state index in [-0.39, 0.29) is 50.8 Å². The number of aliphatic hydroxyl groups is 1. The van der Waals surface area contributed by atoms with Gasteiger partial charge in [-0.2, -0.15) is 4.31 Å². The van der Waals surface area contributed by atoms with Crippen LogP contribution in [0.5, 0.6) is 5.75 Å². The summed E-state index contributed by atoms with van der Waals surface area (Å²) in [7, 11) is -2.65. The Hall–Kier alpha value is -3.23. The SMILES string of the molecule is COc1ccc(S(=O)(=O)N(CC(O)C(Cc2ccccc2)NC(=O)OC2COCOC2)CC(C)(C)CCC(N)=O)cc1. The maximum absolute atomic E-state index is 13.9. The molecule has 2 unspecified atom stereocenters. The van der Waals surface area contributed by atoms with Crippen LogP contribution < -0.4 is 15.8 Å². The van der Waals surface area contributed by atoms with Crippen LogP contribution in [0.2, 0.25) is 0 Å². The third-order valence-electron chi connectivity index (χ3n) is 6.85. The first-order chi connectivity index (χ1) is 19.9. The first-order valence-corrected chi connectivity index (χ1v) is 15.1. The Kier molecular flexibility index (Phi) is 12.1. The van der Waals surface area contributed by atoms with E-state index < -0.39 is 45.7 Å². The van der Waals surface area contributed by atoms with Crippen molar-refractivity contribution in [1.82, 2.24) is 9.62 Å². The monoisotopic (exact) mass is 607 g/mol. The normalized spacial score (nSPS) is 16.0. The molecular weight excluding hydrogens is 566 g/mol. The number of nitrogens with one attached hydrogen (secondary N) is 1. The number of rotatable bonds is 15. The van der Waals surface area contributed by atoms with E-state index in [9.17, 15) is 23.1 Å². The Bertz CT molecular complexity index is 1250. The van der Waals surface area contributed by atoms with Crippen LogP contribution in [-0.2, 0) is 35.4 Å². The molecule has 0 bridgehead atoms. The molecule has 42 heavy (non-hydrogen) atoms. The van der Waals surface area contributed by atoms with Crippen molar-refractivity contribution >= 4 is 22.0 Å². The Morgan fingerprint density at radius 2 is 1.76 bits per heavy atom. The molecule has 2 amide bonds. The van der Waals surface area contributed by atoms with Gasteiger partial charge in [0.1, 0.15) is 12.5 Å². The summed E-state index contributed by atoms with van der Waals surface area (Å²) >= 11 is 0. The molecule has 4 N–H and O–H groups in total. The molecule has 1 fully saturated rings. The molecule has 2 aromatic rings. The summed E-state index contributed by atoms with van der Waals surface area (Å²) in [5.41, 5.74) is 5.50.